The Labute approximate surface area is 102 Å². The molecule has 0 aromatic carbocycles. The van der Waals surface area contributed by atoms with E-state index in [1.165, 1.54) is 0 Å². The minimum Gasteiger partial charge on any atom is -0.376 e. The van der Waals surface area contributed by atoms with Gasteiger partial charge in [-0.15, -0.1) is 0 Å². The molecule has 1 aliphatic heterocycles. The van der Waals surface area contributed by atoms with Crippen molar-refractivity contribution in [2.45, 2.75) is 51.8 Å². The summed E-state index contributed by atoms with van der Waals surface area (Å²) in [6.07, 6.45) is 4.69. The quantitative estimate of drug-likeness (QED) is 0.830. The van der Waals surface area contributed by atoms with Crippen molar-refractivity contribution in [1.29, 1.82) is 0 Å². The van der Waals surface area contributed by atoms with Gasteiger partial charge in [0, 0.05) is 25.6 Å². The molecular weight excluding hydrogens is 216 g/mol. The Bertz CT molecular complexity index is 352. The first-order valence-corrected chi connectivity index (χ1v) is 6.46. The number of hydrogen-bond donors (Lipinski definition) is 1. The van der Waals surface area contributed by atoms with E-state index in [0.29, 0.717) is 5.92 Å². The molecule has 0 amide bonds. The number of rotatable bonds is 5. The van der Waals surface area contributed by atoms with Crippen molar-refractivity contribution in [2.24, 2.45) is 11.7 Å². The van der Waals surface area contributed by atoms with Gasteiger partial charge in [0.25, 0.3) is 0 Å². The predicted octanol–water partition coefficient (Wildman–Crippen LogP) is 0.983. The lowest BCUT2D eigenvalue weighted by molar-refractivity contribution is 0.0718. The molecule has 0 spiro atoms. The lowest BCUT2D eigenvalue weighted by atomic mass is 9.96. The van der Waals surface area contributed by atoms with Gasteiger partial charge in [-0.25, -0.2) is 4.98 Å². The van der Waals surface area contributed by atoms with Crippen LogP contribution in [0.5, 0.6) is 0 Å². The van der Waals surface area contributed by atoms with Crippen LogP contribution in [0.1, 0.15) is 32.5 Å². The van der Waals surface area contributed by atoms with Crippen LogP contribution in [0.25, 0.3) is 0 Å². The highest BCUT2D eigenvalue weighted by Gasteiger charge is 2.30. The largest absolute Gasteiger partial charge is 0.376 e. The van der Waals surface area contributed by atoms with E-state index in [2.05, 4.69) is 23.9 Å². The van der Waals surface area contributed by atoms with E-state index in [-0.39, 0.29) is 12.1 Å². The van der Waals surface area contributed by atoms with Gasteiger partial charge < -0.3 is 10.5 Å². The lowest BCUT2D eigenvalue weighted by Gasteiger charge is -2.22. The van der Waals surface area contributed by atoms with E-state index in [0.717, 1.165) is 38.2 Å². The normalized spacial score (nSPS) is 26.3. The third-order valence-corrected chi connectivity index (χ3v) is 3.42. The summed E-state index contributed by atoms with van der Waals surface area (Å²) in [5.41, 5.74) is 6.22. The van der Waals surface area contributed by atoms with Crippen LogP contribution in [-0.4, -0.2) is 33.5 Å². The highest BCUT2D eigenvalue weighted by molar-refractivity contribution is 4.94. The van der Waals surface area contributed by atoms with Gasteiger partial charge in [0.2, 0.25) is 0 Å². The van der Waals surface area contributed by atoms with Gasteiger partial charge in [-0.1, -0.05) is 13.8 Å². The van der Waals surface area contributed by atoms with Crippen molar-refractivity contribution in [3.8, 4) is 0 Å². The third kappa shape index (κ3) is 2.84. The number of hydrogen-bond acceptors (Lipinski definition) is 4. The maximum Gasteiger partial charge on any atom is 0.138 e. The first-order valence-electron chi connectivity index (χ1n) is 6.46. The van der Waals surface area contributed by atoms with Crippen molar-refractivity contribution in [3.05, 3.63) is 12.2 Å². The Morgan fingerprint density at radius 2 is 2.47 bits per heavy atom. The molecule has 1 aliphatic rings. The number of aromatic nitrogens is 3. The van der Waals surface area contributed by atoms with Gasteiger partial charge in [-0.3, -0.25) is 4.68 Å². The zero-order valence-corrected chi connectivity index (χ0v) is 10.7. The molecular formula is C12H22N4O. The average Bonchev–Trinajstić information content (AvgIpc) is 2.89. The van der Waals surface area contributed by atoms with Crippen LogP contribution in [0.4, 0.5) is 0 Å². The molecule has 3 unspecified atom stereocenters. The van der Waals surface area contributed by atoms with Crippen molar-refractivity contribution in [2.75, 3.05) is 6.61 Å². The second-order valence-electron chi connectivity index (χ2n) is 4.87. The van der Waals surface area contributed by atoms with E-state index < -0.39 is 0 Å². The second-order valence-corrected chi connectivity index (χ2v) is 4.87. The zero-order chi connectivity index (χ0) is 12.3. The molecule has 1 aromatic heterocycles. The maximum absolute atomic E-state index is 6.22. The second kappa shape index (κ2) is 5.60. The van der Waals surface area contributed by atoms with Crippen LogP contribution in [0.15, 0.2) is 6.33 Å². The summed E-state index contributed by atoms with van der Waals surface area (Å²) in [7, 11) is 0. The monoisotopic (exact) mass is 238 g/mol. The van der Waals surface area contributed by atoms with Gasteiger partial charge >= 0.3 is 0 Å². The fourth-order valence-corrected chi connectivity index (χ4v) is 2.44. The Hall–Kier alpha value is -0.940. The van der Waals surface area contributed by atoms with Gasteiger partial charge in [0.15, 0.2) is 0 Å². The van der Waals surface area contributed by atoms with Crippen LogP contribution in [0.2, 0.25) is 0 Å². The first-order chi connectivity index (χ1) is 8.22. The Morgan fingerprint density at radius 3 is 3.12 bits per heavy atom. The molecule has 3 atom stereocenters. The summed E-state index contributed by atoms with van der Waals surface area (Å²) in [4.78, 5) is 4.29. The SMILES string of the molecule is CCCn1ncnc1CC(N)C1OCCC1C. The molecule has 2 rings (SSSR count). The molecule has 0 radical (unpaired) electrons. The van der Waals surface area contributed by atoms with Crippen molar-refractivity contribution >= 4 is 0 Å². The number of nitrogens with zero attached hydrogens (tertiary/aromatic N) is 3. The smallest absolute Gasteiger partial charge is 0.138 e. The summed E-state index contributed by atoms with van der Waals surface area (Å²) in [6.45, 7) is 6.08. The van der Waals surface area contributed by atoms with Crippen LogP contribution >= 0.6 is 0 Å². The number of nitrogens with two attached hydrogens (primary N) is 1. The molecule has 0 aliphatic carbocycles. The van der Waals surface area contributed by atoms with Gasteiger partial charge in [-0.2, -0.15) is 5.10 Å². The van der Waals surface area contributed by atoms with E-state index >= 15 is 0 Å². The molecule has 1 saturated heterocycles. The molecule has 17 heavy (non-hydrogen) atoms. The van der Waals surface area contributed by atoms with Gasteiger partial charge in [0.1, 0.15) is 12.2 Å². The molecule has 0 bridgehead atoms. The molecule has 2 N–H and O–H groups in total. The van der Waals surface area contributed by atoms with Crippen molar-refractivity contribution in [3.63, 3.8) is 0 Å². The lowest BCUT2D eigenvalue weighted by Crippen LogP contribution is -2.40. The third-order valence-electron chi connectivity index (χ3n) is 3.42. The Kier molecular flexibility index (Phi) is 4.12. The Morgan fingerprint density at radius 1 is 1.65 bits per heavy atom. The summed E-state index contributed by atoms with van der Waals surface area (Å²) in [5, 5.41) is 4.21. The summed E-state index contributed by atoms with van der Waals surface area (Å²) in [6, 6.07) is 0.0207. The van der Waals surface area contributed by atoms with E-state index in [9.17, 15) is 0 Å². The summed E-state index contributed by atoms with van der Waals surface area (Å²) in [5.74, 6) is 1.52. The summed E-state index contributed by atoms with van der Waals surface area (Å²) < 4.78 is 7.64. The molecule has 2 heterocycles. The molecule has 1 aromatic rings. The average molecular weight is 238 g/mol. The van der Waals surface area contributed by atoms with E-state index in [1.807, 2.05) is 4.68 Å². The van der Waals surface area contributed by atoms with Gasteiger partial charge in [0.05, 0.1) is 6.10 Å². The van der Waals surface area contributed by atoms with Crippen molar-refractivity contribution in [1.82, 2.24) is 14.8 Å². The predicted molar refractivity (Wildman–Crippen MR) is 65.5 cm³/mol. The fourth-order valence-electron chi connectivity index (χ4n) is 2.44. The first kappa shape index (κ1) is 12.5. The summed E-state index contributed by atoms with van der Waals surface area (Å²) >= 11 is 0. The minimum absolute atomic E-state index is 0.0207. The van der Waals surface area contributed by atoms with E-state index in [4.69, 9.17) is 10.5 Å². The number of aryl methyl sites for hydroxylation is 1. The zero-order valence-electron chi connectivity index (χ0n) is 10.7. The molecule has 5 heteroatoms. The molecule has 5 nitrogen and oxygen atoms in total. The van der Waals surface area contributed by atoms with Gasteiger partial charge in [-0.05, 0) is 18.8 Å². The molecule has 1 fully saturated rings. The highest BCUT2D eigenvalue weighted by Crippen LogP contribution is 2.23. The fraction of sp³-hybridized carbons (Fsp3) is 0.833. The standard InChI is InChI=1S/C12H22N4O/c1-3-5-16-11(14-8-15-16)7-10(13)12-9(2)4-6-17-12/h8-10,12H,3-7,13H2,1-2H3. The number of ether oxygens (including phenoxy) is 1. The highest BCUT2D eigenvalue weighted by atomic mass is 16.5. The van der Waals surface area contributed by atoms with Crippen molar-refractivity contribution < 1.29 is 4.74 Å². The van der Waals surface area contributed by atoms with E-state index in [1.54, 1.807) is 6.33 Å². The minimum atomic E-state index is 0.0207. The van der Waals surface area contributed by atoms with Crippen LogP contribution in [0, 0.1) is 5.92 Å². The molecule has 96 valence electrons. The topological polar surface area (TPSA) is 66.0 Å². The van der Waals surface area contributed by atoms with Crippen LogP contribution < -0.4 is 5.73 Å². The molecule has 0 saturated carbocycles. The van der Waals surface area contributed by atoms with Crippen LogP contribution in [-0.2, 0) is 17.7 Å². The Balaban J connectivity index is 1.97. The van der Waals surface area contributed by atoms with Crippen LogP contribution in [0.3, 0.4) is 0 Å². The maximum atomic E-state index is 6.22.